The van der Waals surface area contributed by atoms with E-state index in [2.05, 4.69) is 31.3 Å². The van der Waals surface area contributed by atoms with Crippen LogP contribution in [0.1, 0.15) is 24.2 Å². The summed E-state index contributed by atoms with van der Waals surface area (Å²) in [5.74, 6) is 0.436. The van der Waals surface area contributed by atoms with Gasteiger partial charge in [0.1, 0.15) is 6.10 Å². The fraction of sp³-hybridized carbons (Fsp3) is 0.562. The minimum absolute atomic E-state index is 0. The van der Waals surface area contributed by atoms with E-state index >= 15 is 0 Å². The third kappa shape index (κ3) is 3.23. The summed E-state index contributed by atoms with van der Waals surface area (Å²) in [5.41, 5.74) is 2.42. The first-order valence-corrected chi connectivity index (χ1v) is 7.35. The van der Waals surface area contributed by atoms with Gasteiger partial charge < -0.3 is 15.0 Å². The predicted octanol–water partition coefficient (Wildman–Crippen LogP) is 1.92. The van der Waals surface area contributed by atoms with E-state index in [-0.39, 0.29) is 36.4 Å². The van der Waals surface area contributed by atoms with Gasteiger partial charge in [-0.2, -0.15) is 0 Å². The van der Waals surface area contributed by atoms with Crippen molar-refractivity contribution in [3.05, 3.63) is 35.4 Å². The lowest BCUT2D eigenvalue weighted by atomic mass is 9.97. The van der Waals surface area contributed by atoms with Crippen molar-refractivity contribution in [3.8, 4) is 0 Å². The van der Waals surface area contributed by atoms with Gasteiger partial charge in [0.05, 0.1) is 25.1 Å². The third-order valence-electron chi connectivity index (χ3n) is 4.38. The minimum Gasteiger partial charge on any atom is -0.370 e. The van der Waals surface area contributed by atoms with Crippen molar-refractivity contribution in [3.63, 3.8) is 0 Å². The van der Waals surface area contributed by atoms with E-state index in [1.54, 1.807) is 0 Å². The number of benzene rings is 1. The van der Waals surface area contributed by atoms with Gasteiger partial charge in [0.25, 0.3) is 0 Å². The van der Waals surface area contributed by atoms with Gasteiger partial charge in [0.15, 0.2) is 0 Å². The molecule has 1 N–H and O–H groups in total. The highest BCUT2D eigenvalue weighted by molar-refractivity contribution is 5.85. The monoisotopic (exact) mass is 310 g/mol. The van der Waals surface area contributed by atoms with Crippen LogP contribution >= 0.6 is 12.4 Å². The Hall–Kier alpha value is -1.10. The molecule has 0 aromatic heterocycles. The zero-order chi connectivity index (χ0) is 14.1. The largest absolute Gasteiger partial charge is 0.370 e. The Balaban J connectivity index is 0.00000161. The number of aryl methyl sites for hydroxylation is 1. The van der Waals surface area contributed by atoms with E-state index in [4.69, 9.17) is 4.74 Å². The fourth-order valence-corrected chi connectivity index (χ4v) is 2.90. The van der Waals surface area contributed by atoms with Gasteiger partial charge in [-0.3, -0.25) is 4.79 Å². The number of hydrogen-bond donors (Lipinski definition) is 1. The minimum atomic E-state index is 0. The van der Waals surface area contributed by atoms with Gasteiger partial charge in [0, 0.05) is 13.1 Å². The van der Waals surface area contributed by atoms with Crippen LogP contribution in [-0.2, 0) is 9.53 Å². The summed E-state index contributed by atoms with van der Waals surface area (Å²) >= 11 is 0. The molecule has 1 amide bonds. The molecule has 3 rings (SSSR count). The Morgan fingerprint density at radius 3 is 2.67 bits per heavy atom. The molecule has 0 spiro atoms. The number of rotatable bonds is 2. The lowest BCUT2D eigenvalue weighted by Crippen LogP contribution is -2.57. The van der Waals surface area contributed by atoms with E-state index in [0.29, 0.717) is 13.2 Å². The van der Waals surface area contributed by atoms with Crippen LogP contribution in [0, 0.1) is 12.8 Å². The molecule has 5 heteroatoms. The molecule has 0 bridgehead atoms. The molecule has 0 saturated carbocycles. The van der Waals surface area contributed by atoms with Gasteiger partial charge in [-0.05, 0) is 25.0 Å². The predicted molar refractivity (Wildman–Crippen MR) is 84.7 cm³/mol. The molecule has 0 aliphatic carbocycles. The van der Waals surface area contributed by atoms with Crippen LogP contribution in [0.2, 0.25) is 0 Å². The normalized spacial score (nSPS) is 25.9. The van der Waals surface area contributed by atoms with Gasteiger partial charge >= 0.3 is 0 Å². The lowest BCUT2D eigenvalue weighted by Gasteiger charge is -2.41. The Morgan fingerprint density at radius 1 is 1.33 bits per heavy atom. The van der Waals surface area contributed by atoms with Gasteiger partial charge in [-0.25, -0.2) is 0 Å². The highest BCUT2D eigenvalue weighted by Crippen LogP contribution is 2.28. The maximum Gasteiger partial charge on any atom is 0.228 e. The summed E-state index contributed by atoms with van der Waals surface area (Å²) in [4.78, 5) is 14.5. The molecule has 2 heterocycles. The highest BCUT2D eigenvalue weighted by Gasteiger charge is 2.36. The van der Waals surface area contributed by atoms with E-state index in [1.165, 1.54) is 11.1 Å². The van der Waals surface area contributed by atoms with E-state index < -0.39 is 0 Å². The zero-order valence-corrected chi connectivity index (χ0v) is 13.4. The second-order valence-electron chi connectivity index (χ2n) is 5.87. The summed E-state index contributed by atoms with van der Waals surface area (Å²) in [6.45, 7) is 7.08. The van der Waals surface area contributed by atoms with E-state index in [9.17, 15) is 4.79 Å². The molecule has 2 aliphatic rings. The molecule has 2 unspecified atom stereocenters. The lowest BCUT2D eigenvalue weighted by molar-refractivity contribution is -0.150. The van der Waals surface area contributed by atoms with E-state index in [1.807, 2.05) is 17.0 Å². The van der Waals surface area contributed by atoms with Crippen molar-refractivity contribution in [1.29, 1.82) is 0 Å². The Labute approximate surface area is 132 Å². The molecular weight excluding hydrogens is 288 g/mol. The van der Waals surface area contributed by atoms with Crippen LogP contribution < -0.4 is 5.32 Å². The molecule has 116 valence electrons. The molecule has 1 aromatic carbocycles. The van der Waals surface area contributed by atoms with Gasteiger partial charge in [-0.15, -0.1) is 12.4 Å². The Bertz CT molecular complexity index is 505. The molecule has 1 aromatic rings. The zero-order valence-electron chi connectivity index (χ0n) is 12.5. The number of ether oxygens (including phenoxy) is 1. The summed E-state index contributed by atoms with van der Waals surface area (Å²) in [6.07, 6.45) is 0.00406. The first kappa shape index (κ1) is 16.3. The number of carbonyl (C=O) groups is 1. The number of nitrogens with one attached hydrogen (secondary N) is 1. The number of morpholine rings is 1. The first-order valence-electron chi connectivity index (χ1n) is 7.35. The summed E-state index contributed by atoms with van der Waals surface area (Å²) in [5, 5.41) is 3.17. The Morgan fingerprint density at radius 2 is 2.05 bits per heavy atom. The van der Waals surface area contributed by atoms with Gasteiger partial charge in [0.2, 0.25) is 5.91 Å². The number of nitrogens with zero attached hydrogens (tertiary/aromatic N) is 1. The van der Waals surface area contributed by atoms with Crippen molar-refractivity contribution in [1.82, 2.24) is 10.2 Å². The van der Waals surface area contributed by atoms with Crippen LogP contribution in [0.25, 0.3) is 0 Å². The Kier molecular flexibility index (Phi) is 5.25. The third-order valence-corrected chi connectivity index (χ3v) is 4.38. The fourth-order valence-electron chi connectivity index (χ4n) is 2.90. The second-order valence-corrected chi connectivity index (χ2v) is 5.87. The molecule has 0 radical (unpaired) electrons. The van der Waals surface area contributed by atoms with Crippen molar-refractivity contribution in [2.75, 3.05) is 26.2 Å². The topological polar surface area (TPSA) is 41.6 Å². The van der Waals surface area contributed by atoms with Crippen LogP contribution in [0.5, 0.6) is 0 Å². The molecule has 2 fully saturated rings. The maximum atomic E-state index is 12.5. The maximum absolute atomic E-state index is 12.5. The molecular formula is C16H23ClN2O2. The number of carbonyl (C=O) groups excluding carboxylic acids is 1. The van der Waals surface area contributed by atoms with Gasteiger partial charge in [-0.1, -0.05) is 24.3 Å². The van der Waals surface area contributed by atoms with Crippen LogP contribution in [0.4, 0.5) is 0 Å². The molecule has 2 saturated heterocycles. The summed E-state index contributed by atoms with van der Waals surface area (Å²) in [7, 11) is 0. The molecule has 2 aliphatic heterocycles. The van der Waals surface area contributed by atoms with Crippen LogP contribution in [0.15, 0.2) is 24.3 Å². The number of hydrogen-bond acceptors (Lipinski definition) is 3. The van der Waals surface area contributed by atoms with Crippen molar-refractivity contribution in [2.45, 2.75) is 26.0 Å². The van der Waals surface area contributed by atoms with Crippen LogP contribution in [0.3, 0.4) is 0 Å². The number of halogens is 1. The average Bonchev–Trinajstić information content (AvgIpc) is 2.38. The molecule has 4 nitrogen and oxygen atoms in total. The smallest absolute Gasteiger partial charge is 0.228 e. The quantitative estimate of drug-likeness (QED) is 0.907. The molecule has 21 heavy (non-hydrogen) atoms. The highest BCUT2D eigenvalue weighted by atomic mass is 35.5. The summed E-state index contributed by atoms with van der Waals surface area (Å²) < 4.78 is 5.96. The first-order chi connectivity index (χ1) is 9.66. The van der Waals surface area contributed by atoms with Crippen molar-refractivity contribution in [2.24, 2.45) is 5.92 Å². The average molecular weight is 311 g/mol. The van der Waals surface area contributed by atoms with Crippen LogP contribution in [-0.4, -0.2) is 43.1 Å². The second kappa shape index (κ2) is 6.77. The molecule has 2 atom stereocenters. The SMILES string of the molecule is Cc1ccccc1C1CN(C(=O)C2CNC2)C(C)CO1.Cl. The number of amides is 1. The standard InChI is InChI=1S/C16H22N2O2.ClH/c1-11-5-3-4-6-14(11)15-9-18(12(2)10-20-15)16(19)13-7-17-8-13;/h3-6,12-13,15,17H,7-10H2,1-2H3;1H. The summed E-state index contributed by atoms with van der Waals surface area (Å²) in [6, 6.07) is 8.43. The van der Waals surface area contributed by atoms with E-state index in [0.717, 1.165) is 13.1 Å². The van der Waals surface area contributed by atoms with Crippen molar-refractivity contribution < 1.29 is 9.53 Å². The van der Waals surface area contributed by atoms with Crippen molar-refractivity contribution >= 4 is 18.3 Å².